The zero-order chi connectivity index (χ0) is 14.1. The molecule has 0 saturated carbocycles. The number of benzene rings is 1. The van der Waals surface area contributed by atoms with Crippen molar-refractivity contribution in [1.82, 2.24) is 4.98 Å². The molecule has 2 heterocycles. The van der Waals surface area contributed by atoms with E-state index in [2.05, 4.69) is 41.1 Å². The standard InChI is InChI=1S/C17H21N3/c1-12-7-8-16-14(11-12)5-4-10-20(16)17-15(13(2)18)6-3-9-19-17/h3,6-9,11,13H,4-5,10,18H2,1-2H3/t13-/m1/s1. The summed E-state index contributed by atoms with van der Waals surface area (Å²) in [5.74, 6) is 1.01. The maximum Gasteiger partial charge on any atom is 0.137 e. The smallest absolute Gasteiger partial charge is 0.137 e. The highest BCUT2D eigenvalue weighted by Gasteiger charge is 2.22. The molecule has 20 heavy (non-hydrogen) atoms. The van der Waals surface area contributed by atoms with Gasteiger partial charge in [0.15, 0.2) is 0 Å². The van der Waals surface area contributed by atoms with Crippen molar-refractivity contribution in [2.45, 2.75) is 32.7 Å². The number of fused-ring (bicyclic) bond motifs is 1. The summed E-state index contributed by atoms with van der Waals surface area (Å²) in [5.41, 5.74) is 11.2. The van der Waals surface area contributed by atoms with Crippen LogP contribution in [0.2, 0.25) is 0 Å². The molecular formula is C17H21N3. The van der Waals surface area contributed by atoms with E-state index < -0.39 is 0 Å². The van der Waals surface area contributed by atoms with Gasteiger partial charge in [0.1, 0.15) is 5.82 Å². The molecule has 0 fully saturated rings. The van der Waals surface area contributed by atoms with Crippen LogP contribution in [0.1, 0.15) is 36.1 Å². The summed E-state index contributed by atoms with van der Waals surface area (Å²) in [6.45, 7) is 5.17. The fourth-order valence-corrected chi connectivity index (χ4v) is 2.94. The van der Waals surface area contributed by atoms with Crippen LogP contribution in [0.25, 0.3) is 0 Å². The van der Waals surface area contributed by atoms with Crippen LogP contribution in [0.15, 0.2) is 36.5 Å². The van der Waals surface area contributed by atoms with Crippen molar-refractivity contribution >= 4 is 11.5 Å². The second-order valence-electron chi connectivity index (χ2n) is 5.59. The second kappa shape index (κ2) is 5.25. The monoisotopic (exact) mass is 267 g/mol. The topological polar surface area (TPSA) is 42.2 Å². The van der Waals surface area contributed by atoms with Crippen LogP contribution in [0.5, 0.6) is 0 Å². The number of anilines is 2. The minimum Gasteiger partial charge on any atom is -0.326 e. The largest absolute Gasteiger partial charge is 0.326 e. The Morgan fingerprint density at radius 3 is 2.95 bits per heavy atom. The van der Waals surface area contributed by atoms with E-state index in [1.165, 1.54) is 16.8 Å². The number of rotatable bonds is 2. The first-order chi connectivity index (χ1) is 9.66. The Kier molecular flexibility index (Phi) is 3.45. The molecule has 2 N–H and O–H groups in total. The number of aryl methyl sites for hydroxylation is 2. The van der Waals surface area contributed by atoms with Crippen LogP contribution in [-0.2, 0) is 6.42 Å². The predicted molar refractivity (Wildman–Crippen MR) is 83.3 cm³/mol. The zero-order valence-corrected chi connectivity index (χ0v) is 12.1. The van der Waals surface area contributed by atoms with Crippen LogP contribution < -0.4 is 10.6 Å². The Morgan fingerprint density at radius 2 is 2.15 bits per heavy atom. The number of pyridine rings is 1. The van der Waals surface area contributed by atoms with Gasteiger partial charge in [0.2, 0.25) is 0 Å². The van der Waals surface area contributed by atoms with Gasteiger partial charge in [0, 0.05) is 30.0 Å². The molecule has 1 aromatic heterocycles. The van der Waals surface area contributed by atoms with Gasteiger partial charge in [-0.15, -0.1) is 0 Å². The number of hydrogen-bond acceptors (Lipinski definition) is 3. The van der Waals surface area contributed by atoms with E-state index in [4.69, 9.17) is 5.73 Å². The van der Waals surface area contributed by atoms with E-state index in [0.717, 1.165) is 30.8 Å². The first-order valence-electron chi connectivity index (χ1n) is 7.24. The third-order valence-electron chi connectivity index (χ3n) is 3.92. The summed E-state index contributed by atoms with van der Waals surface area (Å²) < 4.78 is 0. The van der Waals surface area contributed by atoms with Gasteiger partial charge in [-0.25, -0.2) is 4.98 Å². The minimum atomic E-state index is -0.00507. The molecule has 0 bridgehead atoms. The van der Waals surface area contributed by atoms with Crippen LogP contribution in [-0.4, -0.2) is 11.5 Å². The van der Waals surface area contributed by atoms with E-state index in [-0.39, 0.29) is 6.04 Å². The van der Waals surface area contributed by atoms with Crippen molar-refractivity contribution in [1.29, 1.82) is 0 Å². The highest BCUT2D eigenvalue weighted by atomic mass is 15.2. The van der Waals surface area contributed by atoms with Crippen molar-refractivity contribution in [2.75, 3.05) is 11.4 Å². The Balaban J connectivity index is 2.09. The zero-order valence-electron chi connectivity index (χ0n) is 12.1. The lowest BCUT2D eigenvalue weighted by molar-refractivity contribution is 0.741. The van der Waals surface area contributed by atoms with Crippen molar-refractivity contribution in [3.05, 3.63) is 53.2 Å². The van der Waals surface area contributed by atoms with Crippen LogP contribution in [0.3, 0.4) is 0 Å². The molecule has 0 spiro atoms. The summed E-state index contributed by atoms with van der Waals surface area (Å²) in [6, 6.07) is 10.7. The molecule has 3 rings (SSSR count). The SMILES string of the molecule is Cc1ccc2c(c1)CCCN2c1ncccc1[C@@H](C)N. The van der Waals surface area contributed by atoms with Crippen molar-refractivity contribution in [3.8, 4) is 0 Å². The second-order valence-corrected chi connectivity index (χ2v) is 5.59. The third-order valence-corrected chi connectivity index (χ3v) is 3.92. The Labute approximate surface area is 120 Å². The maximum absolute atomic E-state index is 6.10. The van der Waals surface area contributed by atoms with Crippen LogP contribution >= 0.6 is 0 Å². The van der Waals surface area contributed by atoms with Gasteiger partial charge in [-0.05, 0) is 44.4 Å². The van der Waals surface area contributed by atoms with Crippen molar-refractivity contribution < 1.29 is 0 Å². The van der Waals surface area contributed by atoms with Gasteiger partial charge in [0.05, 0.1) is 0 Å². The molecule has 1 aliphatic rings. The van der Waals surface area contributed by atoms with E-state index in [1.807, 2.05) is 19.2 Å². The van der Waals surface area contributed by atoms with E-state index in [0.29, 0.717) is 0 Å². The Bertz CT molecular complexity index is 619. The van der Waals surface area contributed by atoms with Crippen molar-refractivity contribution in [3.63, 3.8) is 0 Å². The molecule has 2 aromatic rings. The first kappa shape index (κ1) is 13.1. The number of hydrogen-bond donors (Lipinski definition) is 1. The lowest BCUT2D eigenvalue weighted by atomic mass is 9.98. The summed E-state index contributed by atoms with van der Waals surface area (Å²) >= 11 is 0. The summed E-state index contributed by atoms with van der Waals surface area (Å²) in [4.78, 5) is 6.91. The number of nitrogens with zero attached hydrogens (tertiary/aromatic N) is 2. The highest BCUT2D eigenvalue weighted by Crippen LogP contribution is 2.35. The molecule has 0 saturated heterocycles. The normalized spacial score (nSPS) is 15.8. The predicted octanol–water partition coefficient (Wildman–Crippen LogP) is 3.49. The molecular weight excluding hydrogens is 246 g/mol. The number of nitrogens with two attached hydrogens (primary N) is 1. The van der Waals surface area contributed by atoms with Gasteiger partial charge in [0.25, 0.3) is 0 Å². The van der Waals surface area contributed by atoms with Gasteiger partial charge < -0.3 is 10.6 Å². The average Bonchev–Trinajstić information content (AvgIpc) is 2.46. The molecule has 0 unspecified atom stereocenters. The van der Waals surface area contributed by atoms with Gasteiger partial charge in [-0.1, -0.05) is 23.8 Å². The molecule has 0 radical (unpaired) electrons. The summed E-state index contributed by atoms with van der Waals surface area (Å²) in [7, 11) is 0. The van der Waals surface area contributed by atoms with Gasteiger partial charge in [-0.3, -0.25) is 0 Å². The molecule has 0 aliphatic carbocycles. The minimum absolute atomic E-state index is 0.00507. The fraction of sp³-hybridized carbons (Fsp3) is 0.353. The Morgan fingerprint density at radius 1 is 1.30 bits per heavy atom. The van der Waals surface area contributed by atoms with Gasteiger partial charge in [-0.2, -0.15) is 0 Å². The fourth-order valence-electron chi connectivity index (χ4n) is 2.94. The van der Waals surface area contributed by atoms with Crippen LogP contribution in [0.4, 0.5) is 11.5 Å². The summed E-state index contributed by atoms with van der Waals surface area (Å²) in [5, 5.41) is 0. The molecule has 1 atom stereocenters. The third kappa shape index (κ3) is 2.29. The number of aromatic nitrogens is 1. The average molecular weight is 267 g/mol. The molecule has 104 valence electrons. The van der Waals surface area contributed by atoms with E-state index in [9.17, 15) is 0 Å². The lowest BCUT2D eigenvalue weighted by Gasteiger charge is -2.32. The Hall–Kier alpha value is -1.87. The molecule has 3 nitrogen and oxygen atoms in total. The van der Waals surface area contributed by atoms with Crippen LogP contribution in [0, 0.1) is 6.92 Å². The molecule has 1 aliphatic heterocycles. The summed E-state index contributed by atoms with van der Waals surface area (Å²) in [6.07, 6.45) is 4.16. The quantitative estimate of drug-likeness (QED) is 0.905. The van der Waals surface area contributed by atoms with E-state index >= 15 is 0 Å². The molecule has 1 aromatic carbocycles. The lowest BCUT2D eigenvalue weighted by Crippen LogP contribution is -2.27. The molecule has 3 heteroatoms. The van der Waals surface area contributed by atoms with Crippen molar-refractivity contribution in [2.24, 2.45) is 5.73 Å². The highest BCUT2D eigenvalue weighted by molar-refractivity contribution is 5.68. The first-order valence-corrected chi connectivity index (χ1v) is 7.24. The molecule has 0 amide bonds. The van der Waals surface area contributed by atoms with E-state index in [1.54, 1.807) is 0 Å². The van der Waals surface area contributed by atoms with Gasteiger partial charge >= 0.3 is 0 Å². The maximum atomic E-state index is 6.10.